The first-order valence-electron chi connectivity index (χ1n) is 3.78. The van der Waals surface area contributed by atoms with E-state index in [2.05, 4.69) is 10.3 Å². The quantitative estimate of drug-likeness (QED) is 0.427. The van der Waals surface area contributed by atoms with Gasteiger partial charge in [0, 0.05) is 20.2 Å². The maximum atomic E-state index is 5.47. The van der Waals surface area contributed by atoms with E-state index >= 15 is 0 Å². The Bertz CT molecular complexity index is 152. The lowest BCUT2D eigenvalue weighted by Gasteiger charge is -2.34. The monoisotopic (exact) mass is 157 g/mol. The number of guanidine groups is 1. The third-order valence-electron chi connectivity index (χ3n) is 2.02. The lowest BCUT2D eigenvalue weighted by molar-refractivity contribution is 0.0225. The first-order chi connectivity index (χ1) is 5.26. The van der Waals surface area contributed by atoms with Gasteiger partial charge in [0.1, 0.15) is 0 Å². The van der Waals surface area contributed by atoms with Gasteiger partial charge in [0.2, 0.25) is 0 Å². The molecule has 0 aromatic rings. The van der Waals surface area contributed by atoms with E-state index in [1.54, 1.807) is 14.2 Å². The topological polar surface area (TPSA) is 59.6 Å². The molecule has 11 heavy (non-hydrogen) atoms. The van der Waals surface area contributed by atoms with Crippen LogP contribution in [0.1, 0.15) is 12.8 Å². The summed E-state index contributed by atoms with van der Waals surface area (Å²) in [5.74, 6) is 0.518. The van der Waals surface area contributed by atoms with E-state index < -0.39 is 0 Å². The number of methoxy groups -OCH3 is 1. The number of aliphatic imine (C=N–C) groups is 1. The summed E-state index contributed by atoms with van der Waals surface area (Å²) in [6.45, 7) is 0. The average Bonchev–Trinajstić information content (AvgIpc) is 1.95. The van der Waals surface area contributed by atoms with E-state index in [4.69, 9.17) is 10.5 Å². The van der Waals surface area contributed by atoms with Crippen molar-refractivity contribution in [3.05, 3.63) is 0 Å². The minimum Gasteiger partial charge on any atom is -0.381 e. The van der Waals surface area contributed by atoms with Gasteiger partial charge in [0.25, 0.3) is 0 Å². The SMILES string of the molecule is CN=C(N)NC1CC(OC)C1. The van der Waals surface area contributed by atoms with Crippen molar-refractivity contribution in [3.63, 3.8) is 0 Å². The van der Waals surface area contributed by atoms with E-state index in [-0.39, 0.29) is 0 Å². The normalized spacial score (nSPS) is 31.3. The highest BCUT2D eigenvalue weighted by atomic mass is 16.5. The van der Waals surface area contributed by atoms with Gasteiger partial charge in [-0.3, -0.25) is 4.99 Å². The third-order valence-corrected chi connectivity index (χ3v) is 2.02. The summed E-state index contributed by atoms with van der Waals surface area (Å²) in [6, 6.07) is 0.462. The zero-order valence-corrected chi connectivity index (χ0v) is 7.00. The van der Waals surface area contributed by atoms with Crippen molar-refractivity contribution in [2.45, 2.75) is 25.0 Å². The van der Waals surface area contributed by atoms with Gasteiger partial charge < -0.3 is 15.8 Å². The molecule has 0 bridgehead atoms. The lowest BCUT2D eigenvalue weighted by atomic mass is 9.89. The highest BCUT2D eigenvalue weighted by Crippen LogP contribution is 2.21. The third kappa shape index (κ3) is 2.08. The number of rotatable bonds is 2. The number of nitrogens with one attached hydrogen (secondary N) is 1. The van der Waals surface area contributed by atoms with Crippen molar-refractivity contribution in [1.82, 2.24) is 5.32 Å². The Morgan fingerprint density at radius 3 is 2.73 bits per heavy atom. The minimum absolute atomic E-state index is 0.414. The predicted molar refractivity (Wildman–Crippen MR) is 44.5 cm³/mol. The molecule has 3 N–H and O–H groups in total. The van der Waals surface area contributed by atoms with E-state index in [9.17, 15) is 0 Å². The van der Waals surface area contributed by atoms with Crippen LogP contribution in [0.4, 0.5) is 0 Å². The predicted octanol–water partition coefficient (Wildman–Crippen LogP) is -0.302. The molecule has 1 rings (SSSR count). The van der Waals surface area contributed by atoms with E-state index in [1.807, 2.05) is 0 Å². The summed E-state index contributed by atoms with van der Waals surface area (Å²) in [4.78, 5) is 3.80. The van der Waals surface area contributed by atoms with Crippen LogP contribution >= 0.6 is 0 Å². The molecule has 4 nitrogen and oxygen atoms in total. The van der Waals surface area contributed by atoms with Crippen molar-refractivity contribution in [3.8, 4) is 0 Å². The molecule has 0 saturated heterocycles. The molecule has 1 fully saturated rings. The summed E-state index contributed by atoms with van der Waals surface area (Å²) < 4.78 is 5.11. The van der Waals surface area contributed by atoms with Gasteiger partial charge in [-0.25, -0.2) is 0 Å². The van der Waals surface area contributed by atoms with E-state index in [1.165, 1.54) is 0 Å². The molecule has 64 valence electrons. The minimum atomic E-state index is 0.414. The van der Waals surface area contributed by atoms with E-state index in [0.717, 1.165) is 12.8 Å². The number of ether oxygens (including phenoxy) is 1. The standard InChI is InChI=1S/C7H15N3O/c1-9-7(8)10-5-3-6(4-5)11-2/h5-6H,3-4H2,1-2H3,(H3,8,9,10). The molecule has 0 aromatic carbocycles. The van der Waals surface area contributed by atoms with Crippen molar-refractivity contribution >= 4 is 5.96 Å². The van der Waals surface area contributed by atoms with Crippen LogP contribution in [-0.2, 0) is 4.74 Å². The molecular weight excluding hydrogens is 142 g/mol. The molecule has 0 radical (unpaired) electrons. The van der Waals surface area contributed by atoms with Crippen LogP contribution in [0.2, 0.25) is 0 Å². The second-order valence-electron chi connectivity index (χ2n) is 2.78. The summed E-state index contributed by atoms with van der Waals surface area (Å²) >= 11 is 0. The zero-order valence-electron chi connectivity index (χ0n) is 7.00. The fourth-order valence-electron chi connectivity index (χ4n) is 1.15. The number of nitrogens with zero attached hydrogens (tertiary/aromatic N) is 1. The van der Waals surface area contributed by atoms with Gasteiger partial charge in [0.15, 0.2) is 5.96 Å². The average molecular weight is 157 g/mol. The fourth-order valence-corrected chi connectivity index (χ4v) is 1.15. The van der Waals surface area contributed by atoms with Crippen LogP contribution in [0.15, 0.2) is 4.99 Å². The largest absolute Gasteiger partial charge is 0.381 e. The second kappa shape index (κ2) is 3.57. The van der Waals surface area contributed by atoms with Gasteiger partial charge in [-0.15, -0.1) is 0 Å². The molecule has 0 atom stereocenters. The van der Waals surface area contributed by atoms with Crippen LogP contribution in [-0.4, -0.2) is 32.3 Å². The summed E-state index contributed by atoms with van der Waals surface area (Å²) in [6.07, 6.45) is 2.48. The number of nitrogens with two attached hydrogens (primary N) is 1. The van der Waals surface area contributed by atoms with Crippen LogP contribution in [0.3, 0.4) is 0 Å². The van der Waals surface area contributed by atoms with Crippen molar-refractivity contribution in [2.24, 2.45) is 10.7 Å². The van der Waals surface area contributed by atoms with Crippen molar-refractivity contribution in [1.29, 1.82) is 0 Å². The summed E-state index contributed by atoms with van der Waals surface area (Å²) in [7, 11) is 3.41. The van der Waals surface area contributed by atoms with Gasteiger partial charge in [-0.2, -0.15) is 0 Å². The molecule has 0 heterocycles. The van der Waals surface area contributed by atoms with Crippen LogP contribution in [0.5, 0.6) is 0 Å². The highest BCUT2D eigenvalue weighted by Gasteiger charge is 2.28. The van der Waals surface area contributed by atoms with Gasteiger partial charge >= 0.3 is 0 Å². The van der Waals surface area contributed by atoms with Crippen LogP contribution in [0.25, 0.3) is 0 Å². The fraction of sp³-hybridized carbons (Fsp3) is 0.857. The van der Waals surface area contributed by atoms with Gasteiger partial charge in [0.05, 0.1) is 6.10 Å². The van der Waals surface area contributed by atoms with Gasteiger partial charge in [-0.05, 0) is 12.8 Å². The Morgan fingerprint density at radius 1 is 1.64 bits per heavy atom. The molecule has 0 aliphatic heterocycles. The Labute approximate surface area is 66.8 Å². The van der Waals surface area contributed by atoms with Gasteiger partial charge in [-0.1, -0.05) is 0 Å². The Kier molecular flexibility index (Phi) is 2.70. The molecule has 1 aliphatic carbocycles. The molecule has 4 heteroatoms. The first-order valence-corrected chi connectivity index (χ1v) is 3.78. The van der Waals surface area contributed by atoms with Crippen LogP contribution in [0, 0.1) is 0 Å². The zero-order chi connectivity index (χ0) is 8.27. The Morgan fingerprint density at radius 2 is 2.27 bits per heavy atom. The molecule has 0 spiro atoms. The first kappa shape index (κ1) is 8.33. The molecule has 0 aromatic heterocycles. The molecule has 0 unspecified atom stereocenters. The Hall–Kier alpha value is -0.770. The van der Waals surface area contributed by atoms with E-state index in [0.29, 0.717) is 18.1 Å². The smallest absolute Gasteiger partial charge is 0.188 e. The molecule has 1 aliphatic rings. The second-order valence-corrected chi connectivity index (χ2v) is 2.78. The highest BCUT2D eigenvalue weighted by molar-refractivity contribution is 5.78. The van der Waals surface area contributed by atoms with Crippen molar-refractivity contribution < 1.29 is 4.74 Å². The number of hydrogen-bond acceptors (Lipinski definition) is 2. The summed E-state index contributed by atoms with van der Waals surface area (Å²) in [5.41, 5.74) is 5.47. The molecule has 1 saturated carbocycles. The maximum absolute atomic E-state index is 5.47. The van der Waals surface area contributed by atoms with Crippen LogP contribution < -0.4 is 11.1 Å². The lowest BCUT2D eigenvalue weighted by Crippen LogP contribution is -2.49. The number of hydrogen-bond donors (Lipinski definition) is 2. The summed E-state index contributed by atoms with van der Waals surface area (Å²) in [5, 5.41) is 3.08. The Balaban J connectivity index is 2.13. The van der Waals surface area contributed by atoms with Crippen molar-refractivity contribution in [2.75, 3.05) is 14.2 Å². The molecular formula is C7H15N3O. The molecule has 0 amide bonds. The maximum Gasteiger partial charge on any atom is 0.188 e.